The van der Waals surface area contributed by atoms with E-state index in [4.69, 9.17) is 37.5 Å². The molecular weight excluding hydrogens is 389 g/mol. The van der Waals surface area contributed by atoms with Crippen molar-refractivity contribution in [1.82, 2.24) is 5.06 Å². The minimum Gasteiger partial charge on any atom is -0.465 e. The van der Waals surface area contributed by atoms with Gasteiger partial charge in [0.2, 0.25) is 6.29 Å². The first kappa shape index (κ1) is 19.7. The molecule has 0 bridgehead atoms. The van der Waals surface area contributed by atoms with Gasteiger partial charge in [0.05, 0.1) is 13.2 Å². The van der Waals surface area contributed by atoms with E-state index in [1.807, 2.05) is 30.3 Å². The predicted octanol–water partition coefficient (Wildman–Crippen LogP) is 5.07. The van der Waals surface area contributed by atoms with Crippen LogP contribution in [0.5, 0.6) is 0 Å². The largest absolute Gasteiger partial charge is 0.465 e. The normalized spacial score (nSPS) is 21.0. The maximum atomic E-state index is 12.2. The Morgan fingerprint density at radius 3 is 2.41 bits per heavy atom. The van der Waals surface area contributed by atoms with Gasteiger partial charge in [-0.05, 0) is 29.8 Å². The first-order valence-electron chi connectivity index (χ1n) is 8.31. The van der Waals surface area contributed by atoms with E-state index in [2.05, 4.69) is 0 Å². The van der Waals surface area contributed by atoms with Crippen LogP contribution in [0.4, 0.5) is 0 Å². The zero-order valence-electron chi connectivity index (χ0n) is 14.9. The number of rotatable bonds is 4. The lowest BCUT2D eigenvalue weighted by atomic mass is 10.0. The first-order chi connectivity index (χ1) is 13.0. The molecule has 0 aliphatic carbocycles. The number of amides is 1. The fourth-order valence-corrected chi connectivity index (χ4v) is 3.11. The van der Waals surface area contributed by atoms with Gasteiger partial charge in [-0.25, -0.2) is 5.06 Å². The summed E-state index contributed by atoms with van der Waals surface area (Å²) in [4.78, 5) is 17.1. The van der Waals surface area contributed by atoms with E-state index in [0.29, 0.717) is 22.2 Å². The van der Waals surface area contributed by atoms with Gasteiger partial charge in [-0.15, -0.1) is 0 Å². The highest BCUT2D eigenvalue weighted by molar-refractivity contribution is 6.30. The van der Waals surface area contributed by atoms with Crippen LogP contribution in [0.1, 0.15) is 29.9 Å². The van der Waals surface area contributed by atoms with Gasteiger partial charge in [0.25, 0.3) is 5.91 Å². The minimum absolute atomic E-state index is 0.326. The second kappa shape index (κ2) is 8.76. The van der Waals surface area contributed by atoms with Gasteiger partial charge in [-0.1, -0.05) is 47.5 Å². The van der Waals surface area contributed by atoms with Crippen molar-refractivity contribution < 1.29 is 19.1 Å². The number of hydrogen-bond acceptors (Lipinski definition) is 4. The van der Waals surface area contributed by atoms with Crippen molar-refractivity contribution in [1.29, 1.82) is 0 Å². The van der Waals surface area contributed by atoms with E-state index in [-0.39, 0.29) is 12.0 Å². The summed E-state index contributed by atoms with van der Waals surface area (Å²) in [5, 5.41) is 2.31. The molecule has 0 saturated carbocycles. The minimum atomic E-state index is -0.701. The predicted molar refractivity (Wildman–Crippen MR) is 103 cm³/mol. The fraction of sp³-hybridized carbons (Fsp3) is 0.250. The van der Waals surface area contributed by atoms with Gasteiger partial charge in [0.15, 0.2) is 0 Å². The average Bonchev–Trinajstić information content (AvgIpc) is 2.67. The third-order valence-corrected chi connectivity index (χ3v) is 4.61. The van der Waals surface area contributed by atoms with Crippen molar-refractivity contribution in [2.45, 2.75) is 18.8 Å². The molecule has 0 unspecified atom stereocenters. The molecule has 1 aliphatic heterocycles. The highest BCUT2D eigenvalue weighted by Gasteiger charge is 2.30. The van der Waals surface area contributed by atoms with E-state index < -0.39 is 6.29 Å². The van der Waals surface area contributed by atoms with Crippen LogP contribution in [0.25, 0.3) is 0 Å². The highest BCUT2D eigenvalue weighted by atomic mass is 35.5. The van der Waals surface area contributed by atoms with Crippen LogP contribution in [-0.4, -0.2) is 25.1 Å². The molecule has 1 saturated heterocycles. The lowest BCUT2D eigenvalue weighted by molar-refractivity contribution is -0.192. The van der Waals surface area contributed by atoms with E-state index in [1.165, 1.54) is 20.2 Å². The van der Waals surface area contributed by atoms with Crippen molar-refractivity contribution in [3.8, 4) is 0 Å². The quantitative estimate of drug-likeness (QED) is 0.523. The molecule has 3 rings (SSSR count). The number of hydroxylamine groups is 2. The SMILES string of the molecule is CON(C)C(=O)C=C1C[C@@H](c2cccc(Cl)c2)O[C@@H](c2cccc(Cl)c2)O1. The molecule has 5 nitrogen and oxygen atoms in total. The Kier molecular flexibility index (Phi) is 6.39. The molecule has 0 aromatic heterocycles. The van der Waals surface area contributed by atoms with Gasteiger partial charge in [0.1, 0.15) is 5.76 Å². The van der Waals surface area contributed by atoms with Gasteiger partial charge >= 0.3 is 0 Å². The molecule has 1 fully saturated rings. The Labute approximate surface area is 168 Å². The molecule has 0 radical (unpaired) electrons. The summed E-state index contributed by atoms with van der Waals surface area (Å²) in [7, 11) is 2.95. The number of benzene rings is 2. The zero-order chi connectivity index (χ0) is 19.4. The summed E-state index contributed by atoms with van der Waals surface area (Å²) in [6, 6.07) is 14.7. The Hall–Kier alpha value is -2.05. The zero-order valence-corrected chi connectivity index (χ0v) is 16.4. The van der Waals surface area contributed by atoms with Crippen molar-refractivity contribution in [3.05, 3.63) is 81.5 Å². The van der Waals surface area contributed by atoms with Crippen LogP contribution in [-0.2, 0) is 19.1 Å². The molecule has 142 valence electrons. The molecular formula is C20H19Cl2NO4. The summed E-state index contributed by atoms with van der Waals surface area (Å²) >= 11 is 12.2. The number of carbonyl (C=O) groups excluding carboxylic acids is 1. The molecule has 2 aromatic rings. The first-order valence-corrected chi connectivity index (χ1v) is 9.07. The molecule has 1 heterocycles. The number of hydrogen-bond donors (Lipinski definition) is 0. The topological polar surface area (TPSA) is 48.0 Å². The third-order valence-electron chi connectivity index (χ3n) is 4.14. The van der Waals surface area contributed by atoms with Crippen LogP contribution in [0, 0.1) is 0 Å². The Balaban J connectivity index is 1.93. The lowest BCUT2D eigenvalue weighted by Crippen LogP contribution is -2.26. The molecule has 2 aromatic carbocycles. The molecule has 0 N–H and O–H groups in total. The maximum absolute atomic E-state index is 12.2. The monoisotopic (exact) mass is 407 g/mol. The Morgan fingerprint density at radius 1 is 1.15 bits per heavy atom. The fourth-order valence-electron chi connectivity index (χ4n) is 2.71. The second-order valence-corrected chi connectivity index (χ2v) is 6.89. The van der Waals surface area contributed by atoms with Crippen LogP contribution < -0.4 is 0 Å². The van der Waals surface area contributed by atoms with Crippen molar-refractivity contribution >= 4 is 29.1 Å². The van der Waals surface area contributed by atoms with E-state index in [0.717, 1.165) is 16.2 Å². The summed E-state index contributed by atoms with van der Waals surface area (Å²) in [6.45, 7) is 0. The van der Waals surface area contributed by atoms with Crippen LogP contribution >= 0.6 is 23.2 Å². The van der Waals surface area contributed by atoms with Gasteiger partial charge in [-0.3, -0.25) is 9.63 Å². The van der Waals surface area contributed by atoms with E-state index >= 15 is 0 Å². The van der Waals surface area contributed by atoms with E-state index in [9.17, 15) is 4.79 Å². The number of likely N-dealkylation sites (N-methyl/N-ethyl adjacent to an activating group) is 1. The third kappa shape index (κ3) is 5.02. The molecule has 1 amide bonds. The molecule has 7 heteroatoms. The average molecular weight is 408 g/mol. The summed E-state index contributed by atoms with van der Waals surface area (Å²) in [6.07, 6.45) is 0.767. The van der Waals surface area contributed by atoms with Crippen LogP contribution in [0.15, 0.2) is 60.4 Å². The molecule has 0 spiro atoms. The maximum Gasteiger partial charge on any atom is 0.273 e. The van der Waals surface area contributed by atoms with Gasteiger partial charge in [-0.2, -0.15) is 0 Å². The van der Waals surface area contributed by atoms with Crippen molar-refractivity contribution in [2.75, 3.05) is 14.2 Å². The Bertz CT molecular complexity index is 800. The standard InChI is InChI=1S/C20H19Cl2NO4/c1-23(25-2)19(24)12-17-11-18(13-5-3-7-15(21)9-13)27-20(26-17)14-6-4-8-16(22)10-14/h3-10,12,18,20H,11H2,1-2H3/t18-,20-/m0/s1. The molecule has 27 heavy (non-hydrogen) atoms. The van der Waals surface area contributed by atoms with Crippen molar-refractivity contribution in [2.24, 2.45) is 0 Å². The second-order valence-electron chi connectivity index (χ2n) is 6.02. The summed E-state index contributed by atoms with van der Waals surface area (Å²) < 4.78 is 12.0. The van der Waals surface area contributed by atoms with Crippen LogP contribution in [0.2, 0.25) is 10.0 Å². The molecule has 1 aliphatic rings. The number of carbonyl (C=O) groups is 1. The summed E-state index contributed by atoms with van der Waals surface area (Å²) in [5.74, 6) is 0.161. The molecule has 2 atom stereocenters. The van der Waals surface area contributed by atoms with Gasteiger partial charge in [0, 0.05) is 35.2 Å². The van der Waals surface area contributed by atoms with Gasteiger partial charge < -0.3 is 9.47 Å². The van der Waals surface area contributed by atoms with E-state index in [1.54, 1.807) is 18.2 Å². The number of ether oxygens (including phenoxy) is 2. The number of nitrogens with zero attached hydrogens (tertiary/aromatic N) is 1. The Morgan fingerprint density at radius 2 is 1.78 bits per heavy atom. The van der Waals surface area contributed by atoms with Crippen LogP contribution in [0.3, 0.4) is 0 Å². The highest BCUT2D eigenvalue weighted by Crippen LogP contribution is 2.40. The summed E-state index contributed by atoms with van der Waals surface area (Å²) in [5.41, 5.74) is 1.66. The van der Waals surface area contributed by atoms with Crippen molar-refractivity contribution in [3.63, 3.8) is 0 Å². The lowest BCUT2D eigenvalue weighted by Gasteiger charge is -2.33. The smallest absolute Gasteiger partial charge is 0.273 e. The number of halogens is 2.